The Kier molecular flexibility index (Phi) is 7.51. The molecule has 1 fully saturated rings. The van der Waals surface area contributed by atoms with Crippen molar-refractivity contribution < 1.29 is 33.1 Å². The molecule has 0 aliphatic carbocycles. The van der Waals surface area contributed by atoms with Crippen molar-refractivity contribution in [3.63, 3.8) is 0 Å². The van der Waals surface area contributed by atoms with Crippen molar-refractivity contribution in [2.75, 3.05) is 18.3 Å². The molecule has 5 atom stereocenters. The minimum absolute atomic E-state index is 0.0676. The summed E-state index contributed by atoms with van der Waals surface area (Å²) in [6.07, 6.45) is -1.27. The molecule has 0 spiro atoms. The second-order valence-electron chi connectivity index (χ2n) is 7.90. The molecule has 0 radical (unpaired) electrons. The van der Waals surface area contributed by atoms with Gasteiger partial charge in [0.1, 0.15) is 23.4 Å². The topological polar surface area (TPSA) is 154 Å². The van der Waals surface area contributed by atoms with E-state index in [2.05, 4.69) is 20.0 Å². The molecule has 11 nitrogen and oxygen atoms in total. The van der Waals surface area contributed by atoms with Crippen LogP contribution in [0.15, 0.2) is 36.5 Å². The third kappa shape index (κ3) is 5.40. The van der Waals surface area contributed by atoms with Crippen LogP contribution < -0.4 is 11.2 Å². The van der Waals surface area contributed by atoms with E-state index in [9.17, 15) is 19.0 Å². The maximum absolute atomic E-state index is 14.2. The van der Waals surface area contributed by atoms with E-state index in [-0.39, 0.29) is 30.0 Å². The first kappa shape index (κ1) is 25.0. The van der Waals surface area contributed by atoms with Gasteiger partial charge in [0.25, 0.3) is 0 Å². The number of nitrogens with two attached hydrogens (primary N) is 1. The van der Waals surface area contributed by atoms with E-state index in [1.165, 1.54) is 10.7 Å². The molecular formula is C20H24ClFN5O6P. The Bertz CT molecular complexity index is 1220. The minimum atomic E-state index is -4.03. The number of benzene rings is 1. The first-order valence-electron chi connectivity index (χ1n) is 10.3. The lowest BCUT2D eigenvalue weighted by atomic mass is 10.1. The van der Waals surface area contributed by atoms with Gasteiger partial charge in [-0.1, -0.05) is 29.8 Å². The minimum Gasteiger partial charge on any atom is -0.388 e. The predicted octanol–water partition coefficient (Wildman–Crippen LogP) is 3.10. The van der Waals surface area contributed by atoms with Crippen molar-refractivity contribution in [1.29, 1.82) is 0 Å². The standard InChI is InChI=1S/C20H24ClFN5O6P/c1-11(13-4-2-3-5-15(13)22)25-16-7-18(21)26-19-14(16)8-24-27(19)20-17(28)6-12(32-20)9-31-10-34(29,30)33-23/h2-5,7-8,11-12,17,20,28H,6,9-10,23H2,1H3,(H,25,26)(H,29,30)/t11-,12-,17+,20+/m0/s1. The van der Waals surface area contributed by atoms with E-state index in [0.29, 0.717) is 22.3 Å². The highest BCUT2D eigenvalue weighted by Crippen LogP contribution is 2.40. The summed E-state index contributed by atoms with van der Waals surface area (Å²) in [5.74, 6) is 4.41. The Morgan fingerprint density at radius 3 is 2.97 bits per heavy atom. The van der Waals surface area contributed by atoms with Crippen molar-refractivity contribution in [2.45, 2.75) is 37.8 Å². The predicted molar refractivity (Wildman–Crippen MR) is 121 cm³/mol. The number of anilines is 1. The number of aromatic nitrogens is 3. The summed E-state index contributed by atoms with van der Waals surface area (Å²) in [5.41, 5.74) is 1.43. The molecule has 0 saturated carbocycles. The Morgan fingerprint density at radius 2 is 2.24 bits per heavy atom. The summed E-state index contributed by atoms with van der Waals surface area (Å²) in [7, 11) is -4.03. The lowest BCUT2D eigenvalue weighted by molar-refractivity contribution is -0.0625. The van der Waals surface area contributed by atoms with Gasteiger partial charge in [-0.25, -0.2) is 24.6 Å². The van der Waals surface area contributed by atoms with Gasteiger partial charge in [0.15, 0.2) is 11.9 Å². The second kappa shape index (κ2) is 10.2. The van der Waals surface area contributed by atoms with Crippen LogP contribution in [0.4, 0.5) is 10.1 Å². The fourth-order valence-corrected chi connectivity index (χ4v) is 4.40. The highest BCUT2D eigenvalue weighted by Gasteiger charge is 2.37. The molecule has 1 aromatic carbocycles. The smallest absolute Gasteiger partial charge is 0.369 e. The molecule has 1 aliphatic heterocycles. The van der Waals surface area contributed by atoms with Crippen LogP contribution in [0, 0.1) is 5.82 Å². The van der Waals surface area contributed by atoms with E-state index in [0.717, 1.165) is 0 Å². The van der Waals surface area contributed by atoms with Gasteiger partial charge in [-0.05, 0) is 19.1 Å². The molecular weight excluding hydrogens is 492 g/mol. The molecule has 184 valence electrons. The number of aliphatic hydroxyl groups excluding tert-OH is 1. The van der Waals surface area contributed by atoms with Crippen LogP contribution in [-0.2, 0) is 18.7 Å². The van der Waals surface area contributed by atoms with E-state index in [4.69, 9.17) is 27.0 Å². The van der Waals surface area contributed by atoms with Gasteiger partial charge in [0.2, 0.25) is 0 Å². The number of ether oxygens (including phenoxy) is 2. The molecule has 2 aromatic heterocycles. The lowest BCUT2D eigenvalue weighted by Gasteiger charge is -2.18. The van der Waals surface area contributed by atoms with Crippen molar-refractivity contribution in [1.82, 2.24) is 14.8 Å². The van der Waals surface area contributed by atoms with Gasteiger partial charge >= 0.3 is 7.60 Å². The molecule has 3 heterocycles. The fraction of sp³-hybridized carbons (Fsp3) is 0.400. The van der Waals surface area contributed by atoms with Gasteiger partial charge in [-0.3, -0.25) is 4.57 Å². The van der Waals surface area contributed by atoms with Crippen molar-refractivity contribution in [3.05, 3.63) is 53.1 Å². The van der Waals surface area contributed by atoms with Crippen LogP contribution in [0.2, 0.25) is 5.15 Å². The van der Waals surface area contributed by atoms with Gasteiger partial charge in [-0.2, -0.15) is 5.10 Å². The van der Waals surface area contributed by atoms with Crippen molar-refractivity contribution >= 4 is 35.9 Å². The Balaban J connectivity index is 1.53. The van der Waals surface area contributed by atoms with Crippen LogP contribution >= 0.6 is 19.2 Å². The summed E-state index contributed by atoms with van der Waals surface area (Å²) in [6.45, 7) is 1.75. The highest BCUT2D eigenvalue weighted by molar-refractivity contribution is 7.52. The van der Waals surface area contributed by atoms with Crippen LogP contribution in [0.5, 0.6) is 0 Å². The van der Waals surface area contributed by atoms with Gasteiger partial charge in [0, 0.05) is 12.0 Å². The molecule has 0 amide bonds. The largest absolute Gasteiger partial charge is 0.388 e. The average molecular weight is 516 g/mol. The average Bonchev–Trinajstić information content (AvgIpc) is 3.36. The summed E-state index contributed by atoms with van der Waals surface area (Å²) < 4.78 is 42.0. The number of halogens is 2. The molecule has 1 unspecified atom stereocenters. The normalized spacial score (nSPS) is 23.2. The lowest BCUT2D eigenvalue weighted by Crippen LogP contribution is -2.21. The van der Waals surface area contributed by atoms with Crippen LogP contribution in [0.3, 0.4) is 0 Å². The van der Waals surface area contributed by atoms with Gasteiger partial charge in [-0.15, -0.1) is 0 Å². The Labute approximate surface area is 199 Å². The quantitative estimate of drug-likeness (QED) is 0.190. The first-order chi connectivity index (χ1) is 16.2. The van der Waals surface area contributed by atoms with E-state index < -0.39 is 32.4 Å². The monoisotopic (exact) mass is 515 g/mol. The molecule has 34 heavy (non-hydrogen) atoms. The summed E-state index contributed by atoms with van der Waals surface area (Å²) in [5, 5.41) is 18.9. The molecule has 14 heteroatoms. The molecule has 4 rings (SSSR count). The number of nitrogens with zero attached hydrogens (tertiary/aromatic N) is 3. The van der Waals surface area contributed by atoms with E-state index in [1.807, 2.05) is 6.92 Å². The van der Waals surface area contributed by atoms with E-state index in [1.54, 1.807) is 30.5 Å². The third-order valence-electron chi connectivity index (χ3n) is 5.41. The first-order valence-corrected chi connectivity index (χ1v) is 12.5. The number of aliphatic hydroxyl groups is 1. The van der Waals surface area contributed by atoms with Gasteiger partial charge in [0.05, 0.1) is 36.0 Å². The Hall–Kier alpha value is -2.15. The second-order valence-corrected chi connectivity index (χ2v) is 10.0. The molecule has 3 aromatic rings. The summed E-state index contributed by atoms with van der Waals surface area (Å²) in [6, 6.07) is 7.70. The van der Waals surface area contributed by atoms with E-state index >= 15 is 0 Å². The molecule has 1 saturated heterocycles. The zero-order valence-corrected chi connectivity index (χ0v) is 19.7. The summed E-state index contributed by atoms with van der Waals surface area (Å²) >= 11 is 6.25. The molecule has 1 aliphatic rings. The zero-order valence-electron chi connectivity index (χ0n) is 18.0. The van der Waals surface area contributed by atoms with Crippen LogP contribution in [-0.4, -0.2) is 49.9 Å². The van der Waals surface area contributed by atoms with Crippen molar-refractivity contribution in [2.24, 2.45) is 5.90 Å². The van der Waals surface area contributed by atoms with Gasteiger partial charge < -0.3 is 24.8 Å². The maximum atomic E-state index is 14.2. The number of nitrogens with one attached hydrogen (secondary N) is 1. The number of hydrogen-bond donors (Lipinski definition) is 4. The van der Waals surface area contributed by atoms with Crippen LogP contribution in [0.25, 0.3) is 11.0 Å². The summed E-state index contributed by atoms with van der Waals surface area (Å²) in [4.78, 5) is 13.6. The third-order valence-corrected chi connectivity index (χ3v) is 6.44. The number of hydrogen-bond acceptors (Lipinski definition) is 9. The Morgan fingerprint density at radius 1 is 1.47 bits per heavy atom. The highest BCUT2D eigenvalue weighted by atomic mass is 35.5. The van der Waals surface area contributed by atoms with Crippen molar-refractivity contribution in [3.8, 4) is 0 Å². The molecule has 5 N–H and O–H groups in total. The van der Waals surface area contributed by atoms with Crippen LogP contribution in [0.1, 0.15) is 31.2 Å². The number of rotatable bonds is 9. The zero-order chi connectivity index (χ0) is 24.5. The SMILES string of the molecule is C[C@H](Nc1cc(Cl)nc2c1cnn2[C@@H]1O[C@H](COCP(=O)(O)ON)C[C@H]1O)c1ccccc1F. The fourth-order valence-electron chi connectivity index (χ4n) is 3.82. The number of fused-ring (bicyclic) bond motifs is 1. The molecule has 0 bridgehead atoms. The maximum Gasteiger partial charge on any atom is 0.369 e. The number of pyridine rings is 1.